The molecule has 0 aromatic rings. The second kappa shape index (κ2) is 10.4. The molecule has 0 aromatic heterocycles. The summed E-state index contributed by atoms with van der Waals surface area (Å²) in [4.78, 5) is 10.9. The SMILES string of the molecule is CCCCCOC(=O)OCCCCC. The van der Waals surface area contributed by atoms with Crippen LogP contribution in [-0.2, 0) is 9.47 Å². The van der Waals surface area contributed by atoms with Crippen molar-refractivity contribution >= 4 is 6.16 Å². The molecule has 14 heavy (non-hydrogen) atoms. The summed E-state index contributed by atoms with van der Waals surface area (Å²) in [7, 11) is 0. The highest BCUT2D eigenvalue weighted by molar-refractivity contribution is 5.59. The molecule has 0 N–H and O–H groups in total. The Morgan fingerprint density at radius 1 is 0.857 bits per heavy atom. The van der Waals surface area contributed by atoms with Gasteiger partial charge in [-0.15, -0.1) is 0 Å². The second-order valence-electron chi connectivity index (χ2n) is 3.36. The van der Waals surface area contributed by atoms with Crippen LogP contribution in [0, 0.1) is 0 Å². The molecule has 3 nitrogen and oxygen atoms in total. The zero-order valence-electron chi connectivity index (χ0n) is 9.38. The number of carbonyl (C=O) groups excluding carboxylic acids is 1. The highest BCUT2D eigenvalue weighted by Crippen LogP contribution is 1.98. The Hall–Kier alpha value is -0.730. The molecule has 0 atom stereocenters. The topological polar surface area (TPSA) is 35.5 Å². The van der Waals surface area contributed by atoms with Gasteiger partial charge in [0.1, 0.15) is 0 Å². The van der Waals surface area contributed by atoms with E-state index in [1.165, 1.54) is 0 Å². The Morgan fingerprint density at radius 3 is 1.64 bits per heavy atom. The second-order valence-corrected chi connectivity index (χ2v) is 3.36. The maximum Gasteiger partial charge on any atom is 0.508 e. The lowest BCUT2D eigenvalue weighted by molar-refractivity contribution is 0.0530. The molecule has 0 aliphatic heterocycles. The first-order chi connectivity index (χ1) is 6.81. The van der Waals surface area contributed by atoms with Gasteiger partial charge in [0.25, 0.3) is 0 Å². The van der Waals surface area contributed by atoms with Gasteiger partial charge in [0.05, 0.1) is 13.2 Å². The number of ether oxygens (including phenoxy) is 2. The van der Waals surface area contributed by atoms with Crippen molar-refractivity contribution in [3.05, 3.63) is 0 Å². The average Bonchev–Trinajstić information content (AvgIpc) is 2.19. The fourth-order valence-electron chi connectivity index (χ4n) is 1.06. The minimum atomic E-state index is -0.516. The summed E-state index contributed by atoms with van der Waals surface area (Å²) >= 11 is 0. The molecule has 0 aliphatic rings. The Labute approximate surface area is 86.8 Å². The van der Waals surface area contributed by atoms with Crippen LogP contribution in [-0.4, -0.2) is 19.4 Å². The van der Waals surface area contributed by atoms with Gasteiger partial charge in [-0.05, 0) is 12.8 Å². The van der Waals surface area contributed by atoms with Crippen molar-refractivity contribution in [1.82, 2.24) is 0 Å². The highest BCUT2D eigenvalue weighted by atomic mass is 16.7. The van der Waals surface area contributed by atoms with Crippen molar-refractivity contribution in [2.75, 3.05) is 13.2 Å². The van der Waals surface area contributed by atoms with Gasteiger partial charge in [-0.3, -0.25) is 0 Å². The molecular weight excluding hydrogens is 180 g/mol. The molecule has 0 aliphatic carbocycles. The van der Waals surface area contributed by atoms with Crippen LogP contribution >= 0.6 is 0 Å². The first-order valence-electron chi connectivity index (χ1n) is 5.60. The summed E-state index contributed by atoms with van der Waals surface area (Å²) in [5, 5.41) is 0. The van der Waals surface area contributed by atoms with Crippen molar-refractivity contribution in [3.63, 3.8) is 0 Å². The van der Waals surface area contributed by atoms with E-state index in [1.54, 1.807) is 0 Å². The molecule has 0 spiro atoms. The van der Waals surface area contributed by atoms with E-state index >= 15 is 0 Å². The monoisotopic (exact) mass is 202 g/mol. The Kier molecular flexibility index (Phi) is 9.81. The molecule has 0 saturated carbocycles. The van der Waals surface area contributed by atoms with Crippen molar-refractivity contribution in [1.29, 1.82) is 0 Å². The quantitative estimate of drug-likeness (QED) is 0.446. The first-order valence-corrected chi connectivity index (χ1v) is 5.60. The zero-order chi connectivity index (χ0) is 10.6. The van der Waals surface area contributed by atoms with E-state index in [2.05, 4.69) is 13.8 Å². The number of carbonyl (C=O) groups is 1. The molecule has 0 radical (unpaired) electrons. The summed E-state index contributed by atoms with van der Waals surface area (Å²) in [6, 6.07) is 0. The van der Waals surface area contributed by atoms with Crippen molar-refractivity contribution in [2.45, 2.75) is 52.4 Å². The number of hydrogen-bond acceptors (Lipinski definition) is 3. The number of unbranched alkanes of at least 4 members (excludes halogenated alkanes) is 4. The zero-order valence-corrected chi connectivity index (χ0v) is 9.38. The summed E-state index contributed by atoms with van der Waals surface area (Å²) in [6.07, 6.45) is 5.81. The lowest BCUT2D eigenvalue weighted by Gasteiger charge is -2.05. The van der Waals surface area contributed by atoms with Crippen molar-refractivity contribution in [2.24, 2.45) is 0 Å². The lowest BCUT2D eigenvalue weighted by Crippen LogP contribution is -2.09. The van der Waals surface area contributed by atoms with Gasteiger partial charge in [0.2, 0.25) is 0 Å². The summed E-state index contributed by atoms with van der Waals surface area (Å²) in [5.74, 6) is 0. The summed E-state index contributed by atoms with van der Waals surface area (Å²) < 4.78 is 9.73. The van der Waals surface area contributed by atoms with E-state index < -0.39 is 6.16 Å². The largest absolute Gasteiger partial charge is 0.508 e. The van der Waals surface area contributed by atoms with Gasteiger partial charge in [-0.2, -0.15) is 0 Å². The summed E-state index contributed by atoms with van der Waals surface area (Å²) in [6.45, 7) is 5.20. The maximum absolute atomic E-state index is 10.9. The van der Waals surface area contributed by atoms with Gasteiger partial charge >= 0.3 is 6.16 Å². The molecule has 84 valence electrons. The van der Waals surface area contributed by atoms with Crippen LogP contribution in [0.5, 0.6) is 0 Å². The van der Waals surface area contributed by atoms with Gasteiger partial charge in [-0.1, -0.05) is 39.5 Å². The van der Waals surface area contributed by atoms with Gasteiger partial charge in [0.15, 0.2) is 0 Å². The van der Waals surface area contributed by atoms with Gasteiger partial charge < -0.3 is 9.47 Å². The van der Waals surface area contributed by atoms with E-state index in [-0.39, 0.29) is 0 Å². The molecule has 0 bridgehead atoms. The van der Waals surface area contributed by atoms with Crippen LogP contribution in [0.25, 0.3) is 0 Å². The normalized spacial score (nSPS) is 9.86. The van der Waals surface area contributed by atoms with Crippen molar-refractivity contribution < 1.29 is 14.3 Å². The number of rotatable bonds is 8. The van der Waals surface area contributed by atoms with Crippen LogP contribution in [0.2, 0.25) is 0 Å². The molecule has 0 fully saturated rings. The molecule has 0 unspecified atom stereocenters. The minimum absolute atomic E-state index is 0.487. The fourth-order valence-corrected chi connectivity index (χ4v) is 1.06. The van der Waals surface area contributed by atoms with Crippen LogP contribution < -0.4 is 0 Å². The van der Waals surface area contributed by atoms with E-state index in [4.69, 9.17) is 9.47 Å². The van der Waals surface area contributed by atoms with Crippen LogP contribution in [0.15, 0.2) is 0 Å². The third kappa shape index (κ3) is 9.36. The van der Waals surface area contributed by atoms with E-state index in [0.717, 1.165) is 38.5 Å². The Bertz CT molecular complexity index is 120. The molecule has 3 heteroatoms. The first kappa shape index (κ1) is 13.3. The summed E-state index contributed by atoms with van der Waals surface area (Å²) in [5.41, 5.74) is 0. The van der Waals surface area contributed by atoms with Crippen LogP contribution in [0.1, 0.15) is 52.4 Å². The maximum atomic E-state index is 10.9. The van der Waals surface area contributed by atoms with E-state index in [0.29, 0.717) is 13.2 Å². The molecular formula is C11H22O3. The molecule has 0 rings (SSSR count). The van der Waals surface area contributed by atoms with Crippen LogP contribution in [0.4, 0.5) is 4.79 Å². The predicted molar refractivity (Wildman–Crippen MR) is 56.4 cm³/mol. The van der Waals surface area contributed by atoms with Crippen LogP contribution in [0.3, 0.4) is 0 Å². The van der Waals surface area contributed by atoms with Gasteiger partial charge in [-0.25, -0.2) is 4.79 Å². The fraction of sp³-hybridized carbons (Fsp3) is 0.909. The molecule has 0 heterocycles. The Balaban J connectivity index is 3.11. The molecule has 0 aromatic carbocycles. The predicted octanol–water partition coefficient (Wildman–Crippen LogP) is 3.52. The van der Waals surface area contributed by atoms with E-state index in [9.17, 15) is 4.79 Å². The lowest BCUT2D eigenvalue weighted by atomic mass is 10.3. The van der Waals surface area contributed by atoms with E-state index in [1.807, 2.05) is 0 Å². The highest BCUT2D eigenvalue weighted by Gasteiger charge is 2.01. The van der Waals surface area contributed by atoms with Crippen molar-refractivity contribution in [3.8, 4) is 0 Å². The third-order valence-corrected chi connectivity index (χ3v) is 1.94. The minimum Gasteiger partial charge on any atom is -0.434 e. The Morgan fingerprint density at radius 2 is 1.29 bits per heavy atom. The smallest absolute Gasteiger partial charge is 0.434 e. The molecule has 0 amide bonds. The third-order valence-electron chi connectivity index (χ3n) is 1.94. The molecule has 0 saturated heterocycles. The standard InChI is InChI=1S/C11H22O3/c1-3-5-7-9-13-11(12)14-10-8-6-4-2/h3-10H2,1-2H3. The number of hydrogen-bond donors (Lipinski definition) is 0. The average molecular weight is 202 g/mol. The van der Waals surface area contributed by atoms with Gasteiger partial charge in [0, 0.05) is 0 Å².